The Morgan fingerprint density at radius 2 is 2.03 bits per heavy atom. The van der Waals surface area contributed by atoms with Crippen molar-refractivity contribution in [1.29, 1.82) is 0 Å². The van der Waals surface area contributed by atoms with E-state index < -0.39 is 30.4 Å². The SMILES string of the molecule is CN(c1ncnc2c1ncn2[C@@H]1O[C@H](C#Cc2ccccc2F)[C@@H](O)[C@H]1O)C1CCOC1. The van der Waals surface area contributed by atoms with Crippen molar-refractivity contribution < 1.29 is 24.1 Å². The van der Waals surface area contributed by atoms with Crippen molar-refractivity contribution in [1.82, 2.24) is 19.5 Å². The number of rotatable bonds is 3. The molecule has 5 atom stereocenters. The van der Waals surface area contributed by atoms with Gasteiger partial charge in [-0.3, -0.25) is 4.57 Å². The highest BCUT2D eigenvalue weighted by atomic mass is 19.1. The van der Waals surface area contributed by atoms with Crippen molar-refractivity contribution >= 4 is 17.0 Å². The second kappa shape index (κ2) is 8.44. The maximum Gasteiger partial charge on any atom is 0.167 e. The van der Waals surface area contributed by atoms with Gasteiger partial charge in [0.2, 0.25) is 0 Å². The molecule has 10 heteroatoms. The molecule has 1 aromatic carbocycles. The summed E-state index contributed by atoms with van der Waals surface area (Å²) < 4.78 is 26.7. The monoisotopic (exact) mass is 439 g/mol. The highest BCUT2D eigenvalue weighted by Gasteiger charge is 2.44. The predicted molar refractivity (Wildman–Crippen MR) is 112 cm³/mol. The number of aliphatic hydroxyl groups excluding tert-OH is 2. The number of aromatic nitrogens is 4. The molecule has 9 nitrogen and oxygen atoms in total. The first-order valence-corrected chi connectivity index (χ1v) is 10.3. The molecule has 2 N–H and O–H groups in total. The fourth-order valence-electron chi connectivity index (χ4n) is 4.00. The predicted octanol–water partition coefficient (Wildman–Crippen LogP) is 0.861. The minimum atomic E-state index is -1.28. The zero-order valence-electron chi connectivity index (χ0n) is 17.3. The van der Waals surface area contributed by atoms with Gasteiger partial charge in [-0.1, -0.05) is 24.0 Å². The second-order valence-corrected chi connectivity index (χ2v) is 7.83. The van der Waals surface area contributed by atoms with Gasteiger partial charge in [-0.15, -0.1) is 0 Å². The van der Waals surface area contributed by atoms with Gasteiger partial charge in [0.15, 0.2) is 23.2 Å². The number of benzene rings is 1. The van der Waals surface area contributed by atoms with Crippen molar-refractivity contribution in [2.45, 2.75) is 37.0 Å². The molecule has 3 aromatic rings. The third-order valence-corrected chi connectivity index (χ3v) is 5.86. The van der Waals surface area contributed by atoms with Crippen LogP contribution in [0.25, 0.3) is 11.2 Å². The molecule has 166 valence electrons. The molecule has 2 aliphatic rings. The average Bonchev–Trinajstić information content (AvgIpc) is 3.54. The first kappa shape index (κ1) is 20.8. The van der Waals surface area contributed by atoms with Crippen LogP contribution in [0.4, 0.5) is 10.2 Å². The van der Waals surface area contributed by atoms with Crippen LogP contribution in [0.3, 0.4) is 0 Å². The van der Waals surface area contributed by atoms with Crippen LogP contribution >= 0.6 is 0 Å². The van der Waals surface area contributed by atoms with Gasteiger partial charge in [0.1, 0.15) is 30.5 Å². The lowest BCUT2D eigenvalue weighted by atomic mass is 10.1. The van der Waals surface area contributed by atoms with Gasteiger partial charge >= 0.3 is 0 Å². The number of hydrogen-bond acceptors (Lipinski definition) is 8. The number of ether oxygens (including phenoxy) is 2. The molecule has 0 radical (unpaired) electrons. The van der Waals surface area contributed by atoms with E-state index in [9.17, 15) is 14.6 Å². The maximum atomic E-state index is 13.8. The molecule has 2 saturated heterocycles. The molecule has 0 bridgehead atoms. The Hall–Kier alpha value is -3.10. The van der Waals surface area contributed by atoms with Crippen LogP contribution < -0.4 is 4.90 Å². The van der Waals surface area contributed by atoms with Gasteiger partial charge in [0.25, 0.3) is 0 Å². The molecule has 0 saturated carbocycles. The Bertz CT molecular complexity index is 1190. The molecular weight excluding hydrogens is 417 g/mol. The molecule has 0 amide bonds. The van der Waals surface area contributed by atoms with E-state index in [0.29, 0.717) is 30.2 Å². The minimum absolute atomic E-state index is 0.186. The van der Waals surface area contributed by atoms with Crippen molar-refractivity contribution in [3.05, 3.63) is 48.3 Å². The smallest absolute Gasteiger partial charge is 0.167 e. The summed E-state index contributed by atoms with van der Waals surface area (Å²) in [6, 6.07) is 6.26. The molecule has 2 aromatic heterocycles. The number of likely N-dealkylation sites (N-methyl/N-ethyl adjacent to an activating group) is 1. The van der Waals surface area contributed by atoms with Crippen LogP contribution in [0.2, 0.25) is 0 Å². The summed E-state index contributed by atoms with van der Waals surface area (Å²) in [6.45, 7) is 1.31. The summed E-state index contributed by atoms with van der Waals surface area (Å²) in [5, 5.41) is 21.1. The number of nitrogens with zero attached hydrogens (tertiary/aromatic N) is 5. The highest BCUT2D eigenvalue weighted by Crippen LogP contribution is 2.33. The first-order chi connectivity index (χ1) is 15.5. The van der Waals surface area contributed by atoms with Crippen LogP contribution in [0.1, 0.15) is 18.2 Å². The Balaban J connectivity index is 1.43. The zero-order valence-corrected chi connectivity index (χ0v) is 17.3. The summed E-state index contributed by atoms with van der Waals surface area (Å²) in [6.07, 6.45) is -0.709. The standard InChI is InChI=1S/C22H22FN5O4/c1-27(14-8-9-31-10-14)20-17-21(25-11-24-20)28(12-26-17)22-19(30)18(29)16(32-22)7-6-13-4-2-3-5-15(13)23/h2-5,11-12,14,16,18-19,22,29-30H,8-10H2,1H3/t14?,16-,18-,19-,22-/m1/s1. The number of anilines is 1. The lowest BCUT2D eigenvalue weighted by Gasteiger charge is -2.24. The zero-order chi connectivity index (χ0) is 22.2. The van der Waals surface area contributed by atoms with E-state index in [1.54, 1.807) is 16.7 Å². The van der Waals surface area contributed by atoms with Gasteiger partial charge < -0.3 is 24.6 Å². The second-order valence-electron chi connectivity index (χ2n) is 7.83. The van der Waals surface area contributed by atoms with Crippen LogP contribution in [0, 0.1) is 17.7 Å². The van der Waals surface area contributed by atoms with Crippen LogP contribution in [0.5, 0.6) is 0 Å². The van der Waals surface area contributed by atoms with E-state index in [4.69, 9.17) is 9.47 Å². The number of imidazole rings is 1. The third-order valence-electron chi connectivity index (χ3n) is 5.86. The quantitative estimate of drug-likeness (QED) is 0.579. The molecule has 2 aliphatic heterocycles. The van der Waals surface area contributed by atoms with Gasteiger partial charge in [0.05, 0.1) is 24.5 Å². The van der Waals surface area contributed by atoms with Crippen molar-refractivity contribution in [2.75, 3.05) is 25.2 Å². The van der Waals surface area contributed by atoms with Crippen molar-refractivity contribution in [3.63, 3.8) is 0 Å². The van der Waals surface area contributed by atoms with Gasteiger partial charge in [-0.25, -0.2) is 19.3 Å². The number of hydrogen-bond donors (Lipinski definition) is 2. The normalized spacial score (nSPS) is 27.4. The van der Waals surface area contributed by atoms with Crippen LogP contribution in [-0.4, -0.2) is 74.3 Å². The van der Waals surface area contributed by atoms with Crippen molar-refractivity contribution in [3.8, 4) is 11.8 Å². The molecule has 2 fully saturated rings. The number of fused-ring (bicyclic) bond motifs is 1. The van der Waals surface area contributed by atoms with Crippen LogP contribution in [0.15, 0.2) is 36.9 Å². The summed E-state index contributed by atoms with van der Waals surface area (Å²) >= 11 is 0. The molecule has 5 rings (SSSR count). The summed E-state index contributed by atoms with van der Waals surface area (Å²) in [7, 11) is 1.93. The molecular formula is C22H22FN5O4. The lowest BCUT2D eigenvalue weighted by Crippen LogP contribution is -2.32. The molecule has 0 spiro atoms. The summed E-state index contributed by atoms with van der Waals surface area (Å²) in [5.74, 6) is 5.57. The average molecular weight is 439 g/mol. The van der Waals surface area contributed by atoms with Gasteiger partial charge in [-0.05, 0) is 18.6 Å². The molecule has 1 unspecified atom stereocenters. The fourth-order valence-corrected chi connectivity index (χ4v) is 4.00. The number of aliphatic hydroxyl groups is 2. The Kier molecular flexibility index (Phi) is 5.48. The molecule has 32 heavy (non-hydrogen) atoms. The van der Waals surface area contributed by atoms with Gasteiger partial charge in [0, 0.05) is 13.7 Å². The van der Waals surface area contributed by atoms with E-state index in [1.165, 1.54) is 24.8 Å². The lowest BCUT2D eigenvalue weighted by molar-refractivity contribution is -0.0230. The fraction of sp³-hybridized carbons (Fsp3) is 0.409. The van der Waals surface area contributed by atoms with E-state index in [2.05, 4.69) is 26.8 Å². The Morgan fingerprint density at radius 3 is 2.81 bits per heavy atom. The maximum absolute atomic E-state index is 13.8. The van der Waals surface area contributed by atoms with E-state index >= 15 is 0 Å². The van der Waals surface area contributed by atoms with Gasteiger partial charge in [-0.2, -0.15) is 0 Å². The van der Waals surface area contributed by atoms with E-state index in [0.717, 1.165) is 6.42 Å². The van der Waals surface area contributed by atoms with Crippen LogP contribution in [-0.2, 0) is 9.47 Å². The number of halogens is 1. The largest absolute Gasteiger partial charge is 0.386 e. The summed E-state index contributed by atoms with van der Waals surface area (Å²) in [4.78, 5) is 15.2. The molecule has 0 aliphatic carbocycles. The first-order valence-electron chi connectivity index (χ1n) is 10.3. The summed E-state index contributed by atoms with van der Waals surface area (Å²) in [5.41, 5.74) is 1.19. The molecule has 4 heterocycles. The van der Waals surface area contributed by atoms with E-state index in [-0.39, 0.29) is 11.6 Å². The topological polar surface area (TPSA) is 106 Å². The third kappa shape index (κ3) is 3.59. The minimum Gasteiger partial charge on any atom is -0.386 e. The van der Waals surface area contributed by atoms with E-state index in [1.807, 2.05) is 11.9 Å². The Labute approximate surface area is 183 Å². The Morgan fingerprint density at radius 1 is 1.19 bits per heavy atom. The highest BCUT2D eigenvalue weighted by molar-refractivity contribution is 5.83. The van der Waals surface area contributed by atoms with Crippen molar-refractivity contribution in [2.24, 2.45) is 0 Å².